The monoisotopic (exact) mass is 423 g/mol. The van der Waals surface area contributed by atoms with Crippen LogP contribution in [-0.4, -0.2) is 28.5 Å². The van der Waals surface area contributed by atoms with Crippen LogP contribution in [0.4, 0.5) is 5.69 Å². The molecule has 1 aromatic heterocycles. The molecule has 2 heterocycles. The molecule has 0 radical (unpaired) electrons. The van der Waals surface area contributed by atoms with Gasteiger partial charge in [0.05, 0.1) is 17.7 Å². The van der Waals surface area contributed by atoms with Gasteiger partial charge in [-0.25, -0.2) is 0 Å². The predicted molar refractivity (Wildman–Crippen MR) is 119 cm³/mol. The lowest BCUT2D eigenvalue weighted by Gasteiger charge is -2.08. The van der Waals surface area contributed by atoms with Crippen LogP contribution in [0, 0.1) is 3.95 Å². The fraction of sp³-hybridized carbons (Fsp3) is 0.0952. The summed E-state index contributed by atoms with van der Waals surface area (Å²) in [6, 6.07) is 14.5. The number of fused-ring (bicyclic) bond motifs is 1. The lowest BCUT2D eigenvalue weighted by atomic mass is 10.0. The molecule has 0 saturated carbocycles. The number of aromatic hydroxyl groups is 1. The molecule has 29 heavy (non-hydrogen) atoms. The first kappa shape index (κ1) is 19.1. The number of thiazole rings is 1. The highest BCUT2D eigenvalue weighted by molar-refractivity contribution is 7.73. The van der Waals surface area contributed by atoms with Crippen LogP contribution < -0.4 is 10.2 Å². The lowest BCUT2D eigenvalue weighted by molar-refractivity contribution is 0.101. The number of amides is 1. The fourth-order valence-corrected chi connectivity index (χ4v) is 4.20. The maximum absolute atomic E-state index is 12.5. The van der Waals surface area contributed by atoms with E-state index in [-0.39, 0.29) is 11.8 Å². The third-order valence-electron chi connectivity index (χ3n) is 4.53. The Morgan fingerprint density at radius 1 is 1.24 bits per heavy atom. The van der Waals surface area contributed by atoms with Crippen LogP contribution in [0.25, 0.3) is 11.6 Å². The Balaban J connectivity index is 1.64. The van der Waals surface area contributed by atoms with Crippen LogP contribution in [-0.2, 0) is 0 Å². The zero-order chi connectivity index (χ0) is 20.5. The molecular weight excluding hydrogens is 406 g/mol. The van der Waals surface area contributed by atoms with Gasteiger partial charge in [-0.05, 0) is 55.5 Å². The molecule has 3 aromatic rings. The fourth-order valence-electron chi connectivity index (χ4n) is 3.03. The smallest absolute Gasteiger partial charge is 0.270 e. The number of carbonyl (C=O) groups excluding carboxylic acids is 1. The Bertz CT molecular complexity index is 1220. The SMILES string of the molecule is COc1ccc(C(=O)Nn2c(O)c(/C=C3\C(C)=Nc4ccccc43)sc2=S)cc1. The molecule has 6 nitrogen and oxygen atoms in total. The van der Waals surface area contributed by atoms with Gasteiger partial charge in [0.15, 0.2) is 3.95 Å². The minimum atomic E-state index is -0.389. The first-order chi connectivity index (χ1) is 14.0. The number of aromatic nitrogens is 1. The summed E-state index contributed by atoms with van der Waals surface area (Å²) < 4.78 is 6.64. The van der Waals surface area contributed by atoms with Gasteiger partial charge in [0.25, 0.3) is 5.91 Å². The maximum atomic E-state index is 12.5. The third kappa shape index (κ3) is 3.59. The van der Waals surface area contributed by atoms with Gasteiger partial charge >= 0.3 is 0 Å². The predicted octanol–water partition coefficient (Wildman–Crippen LogP) is 5.02. The van der Waals surface area contributed by atoms with Crippen molar-refractivity contribution in [1.82, 2.24) is 4.68 Å². The summed E-state index contributed by atoms with van der Waals surface area (Å²) in [7, 11) is 1.56. The molecule has 0 bridgehead atoms. The van der Waals surface area contributed by atoms with E-state index in [1.165, 1.54) is 16.0 Å². The van der Waals surface area contributed by atoms with Crippen molar-refractivity contribution in [3.63, 3.8) is 0 Å². The number of aliphatic imine (C=N–C) groups is 1. The highest BCUT2D eigenvalue weighted by Gasteiger charge is 2.20. The standard InChI is InChI=1S/C21H17N3O3S2/c1-12-16(15-5-3-4-6-17(15)22-12)11-18-20(26)24(21(28)29-18)23-19(25)13-7-9-14(27-2)10-8-13/h3-11,26H,1-2H3,(H,23,25)/b16-11+. The number of rotatable bonds is 4. The normalized spacial score (nSPS) is 13.9. The number of methoxy groups -OCH3 is 1. The summed E-state index contributed by atoms with van der Waals surface area (Å²) in [6.45, 7) is 1.92. The van der Waals surface area contributed by atoms with E-state index in [2.05, 4.69) is 10.4 Å². The molecule has 1 amide bonds. The van der Waals surface area contributed by atoms with Gasteiger partial charge in [0.1, 0.15) is 5.75 Å². The minimum absolute atomic E-state index is 0.119. The number of hydrogen-bond acceptors (Lipinski definition) is 6. The van der Waals surface area contributed by atoms with E-state index >= 15 is 0 Å². The van der Waals surface area contributed by atoms with Crippen molar-refractivity contribution in [1.29, 1.82) is 0 Å². The third-order valence-corrected chi connectivity index (χ3v) is 5.84. The summed E-state index contributed by atoms with van der Waals surface area (Å²) in [5.41, 5.74) is 6.73. The van der Waals surface area contributed by atoms with Crippen molar-refractivity contribution >= 4 is 52.5 Å². The van der Waals surface area contributed by atoms with Crippen molar-refractivity contribution in [3.8, 4) is 11.6 Å². The Morgan fingerprint density at radius 3 is 2.69 bits per heavy atom. The number of nitrogens with zero attached hydrogens (tertiary/aromatic N) is 2. The highest BCUT2D eigenvalue weighted by atomic mass is 32.1. The van der Waals surface area contributed by atoms with E-state index in [9.17, 15) is 9.90 Å². The molecule has 1 aliphatic rings. The second-order valence-corrected chi connectivity index (χ2v) is 8.01. The van der Waals surface area contributed by atoms with E-state index in [0.29, 0.717) is 20.1 Å². The maximum Gasteiger partial charge on any atom is 0.270 e. The molecule has 2 N–H and O–H groups in total. The summed E-state index contributed by atoms with van der Waals surface area (Å²) >= 11 is 6.55. The Kier molecular flexibility index (Phi) is 5.04. The van der Waals surface area contributed by atoms with Gasteiger partial charge in [-0.15, -0.1) is 0 Å². The van der Waals surface area contributed by atoms with Crippen molar-refractivity contribution in [3.05, 3.63) is 68.5 Å². The zero-order valence-electron chi connectivity index (χ0n) is 15.7. The Labute approximate surface area is 176 Å². The second-order valence-electron chi connectivity index (χ2n) is 6.33. The van der Waals surface area contributed by atoms with E-state index in [1.54, 1.807) is 31.4 Å². The van der Waals surface area contributed by atoms with Crippen molar-refractivity contribution in [2.45, 2.75) is 6.92 Å². The first-order valence-corrected chi connectivity index (χ1v) is 9.97. The Hall–Kier alpha value is -3.23. The summed E-state index contributed by atoms with van der Waals surface area (Å²) in [4.78, 5) is 17.6. The molecule has 146 valence electrons. The average Bonchev–Trinajstić information content (AvgIpc) is 3.19. The second kappa shape index (κ2) is 7.65. The van der Waals surface area contributed by atoms with Crippen LogP contribution in [0.1, 0.15) is 27.7 Å². The number of ether oxygens (including phenoxy) is 1. The number of carbonyl (C=O) groups is 1. The van der Waals surface area contributed by atoms with Crippen molar-refractivity contribution < 1.29 is 14.6 Å². The van der Waals surface area contributed by atoms with E-state index in [4.69, 9.17) is 17.0 Å². The number of nitrogens with one attached hydrogen (secondary N) is 1. The largest absolute Gasteiger partial charge is 0.497 e. The molecule has 0 atom stereocenters. The molecule has 0 spiro atoms. The van der Waals surface area contributed by atoms with E-state index in [0.717, 1.165) is 22.5 Å². The molecule has 8 heteroatoms. The van der Waals surface area contributed by atoms with Crippen LogP contribution in [0.15, 0.2) is 53.5 Å². The topological polar surface area (TPSA) is 75.8 Å². The molecule has 0 unspecified atom stereocenters. The number of para-hydroxylation sites is 1. The van der Waals surface area contributed by atoms with Gasteiger partial charge < -0.3 is 9.84 Å². The van der Waals surface area contributed by atoms with Crippen LogP contribution in [0.3, 0.4) is 0 Å². The molecule has 0 saturated heterocycles. The van der Waals surface area contributed by atoms with Crippen LogP contribution in [0.5, 0.6) is 11.6 Å². The summed E-state index contributed by atoms with van der Waals surface area (Å²) in [5, 5.41) is 10.7. The summed E-state index contributed by atoms with van der Waals surface area (Å²) in [6.07, 6.45) is 1.84. The van der Waals surface area contributed by atoms with Gasteiger partial charge in [-0.1, -0.05) is 29.5 Å². The molecule has 0 fully saturated rings. The minimum Gasteiger partial charge on any atom is -0.497 e. The highest BCUT2D eigenvalue weighted by Crippen LogP contribution is 2.38. The number of allylic oxidation sites excluding steroid dienone is 1. The Morgan fingerprint density at radius 2 is 1.97 bits per heavy atom. The van der Waals surface area contributed by atoms with E-state index in [1.807, 2.05) is 37.3 Å². The van der Waals surface area contributed by atoms with E-state index < -0.39 is 0 Å². The summed E-state index contributed by atoms with van der Waals surface area (Å²) in [5.74, 6) is 0.144. The quantitative estimate of drug-likeness (QED) is 0.578. The zero-order valence-corrected chi connectivity index (χ0v) is 17.3. The molecular formula is C21H17N3O3S2. The molecule has 0 aliphatic carbocycles. The average molecular weight is 424 g/mol. The van der Waals surface area contributed by atoms with Crippen LogP contribution in [0.2, 0.25) is 0 Å². The van der Waals surface area contributed by atoms with Crippen molar-refractivity contribution in [2.24, 2.45) is 4.99 Å². The first-order valence-electron chi connectivity index (χ1n) is 8.75. The number of hydrogen-bond donors (Lipinski definition) is 2. The molecule has 2 aromatic carbocycles. The van der Waals surface area contributed by atoms with Gasteiger partial charge in [-0.2, -0.15) is 4.68 Å². The van der Waals surface area contributed by atoms with Gasteiger partial charge in [0.2, 0.25) is 5.88 Å². The lowest BCUT2D eigenvalue weighted by Crippen LogP contribution is -2.22. The van der Waals surface area contributed by atoms with Gasteiger partial charge in [-0.3, -0.25) is 15.2 Å². The molecule has 1 aliphatic heterocycles. The molecule has 4 rings (SSSR count). The van der Waals surface area contributed by atoms with Gasteiger partial charge in [0, 0.05) is 22.4 Å². The van der Waals surface area contributed by atoms with Crippen molar-refractivity contribution in [2.75, 3.05) is 12.5 Å². The number of benzene rings is 2. The van der Waals surface area contributed by atoms with Crippen LogP contribution >= 0.6 is 23.6 Å².